The van der Waals surface area contributed by atoms with E-state index < -0.39 is 11.9 Å². The predicted octanol–water partition coefficient (Wildman–Crippen LogP) is -0.349. The van der Waals surface area contributed by atoms with E-state index in [9.17, 15) is 4.79 Å². The summed E-state index contributed by atoms with van der Waals surface area (Å²) in [4.78, 5) is 12.5. The zero-order chi connectivity index (χ0) is 12.4. The molecule has 16 heavy (non-hydrogen) atoms. The third-order valence-electron chi connectivity index (χ3n) is 2.06. The van der Waals surface area contributed by atoms with Crippen LogP contribution in [0.1, 0.15) is 6.92 Å². The molecule has 0 fully saturated rings. The molecule has 5 nitrogen and oxygen atoms in total. The normalized spacial score (nSPS) is 12.4. The fourth-order valence-electron chi connectivity index (χ4n) is 1.19. The van der Waals surface area contributed by atoms with Crippen molar-refractivity contribution in [2.45, 2.75) is 6.92 Å². The summed E-state index contributed by atoms with van der Waals surface area (Å²) >= 11 is 0. The summed E-state index contributed by atoms with van der Waals surface area (Å²) in [6, 6.07) is 0. The van der Waals surface area contributed by atoms with Crippen LogP contribution < -0.4 is 0 Å². The van der Waals surface area contributed by atoms with Gasteiger partial charge in [-0.25, -0.2) is 0 Å². The van der Waals surface area contributed by atoms with Crippen molar-refractivity contribution in [3.63, 3.8) is 0 Å². The van der Waals surface area contributed by atoms with E-state index in [1.165, 1.54) is 0 Å². The minimum Gasteiger partial charge on any atom is -0.481 e. The molecule has 5 heteroatoms. The fraction of sp³-hybridized carbons (Fsp3) is 0.727. The first-order chi connectivity index (χ1) is 7.61. The highest BCUT2D eigenvalue weighted by atomic mass is 16.5. The van der Waals surface area contributed by atoms with Gasteiger partial charge in [-0.3, -0.25) is 9.69 Å². The second-order valence-electron chi connectivity index (χ2n) is 3.51. The monoisotopic (exact) mass is 229 g/mol. The van der Waals surface area contributed by atoms with E-state index in [1.807, 2.05) is 4.90 Å². The van der Waals surface area contributed by atoms with Crippen molar-refractivity contribution in [3.8, 4) is 12.3 Å². The first-order valence-electron chi connectivity index (χ1n) is 5.19. The molecular weight excluding hydrogens is 210 g/mol. The lowest BCUT2D eigenvalue weighted by Crippen LogP contribution is -2.34. The molecule has 0 aliphatic carbocycles. The van der Waals surface area contributed by atoms with Crippen LogP contribution in [0, 0.1) is 18.3 Å². The molecule has 0 radical (unpaired) electrons. The first kappa shape index (κ1) is 14.9. The molecular formula is C11H19NO4. The Balaban J connectivity index is 3.88. The van der Waals surface area contributed by atoms with E-state index >= 15 is 0 Å². The van der Waals surface area contributed by atoms with Crippen molar-refractivity contribution in [1.29, 1.82) is 0 Å². The summed E-state index contributed by atoms with van der Waals surface area (Å²) in [5, 5.41) is 17.3. The van der Waals surface area contributed by atoms with Crippen molar-refractivity contribution in [1.82, 2.24) is 4.90 Å². The molecule has 0 aromatic heterocycles. The largest absolute Gasteiger partial charge is 0.481 e. The van der Waals surface area contributed by atoms with Gasteiger partial charge in [-0.2, -0.15) is 0 Å². The second kappa shape index (κ2) is 9.16. The van der Waals surface area contributed by atoms with Crippen molar-refractivity contribution >= 4 is 5.97 Å². The molecule has 0 saturated carbocycles. The number of aliphatic hydroxyl groups is 1. The molecule has 0 spiro atoms. The third-order valence-corrected chi connectivity index (χ3v) is 2.06. The smallest absolute Gasteiger partial charge is 0.307 e. The molecule has 0 aliphatic rings. The van der Waals surface area contributed by atoms with Crippen LogP contribution in [0.4, 0.5) is 0 Å². The number of aliphatic hydroxyl groups excluding tert-OH is 1. The Labute approximate surface area is 96.0 Å². The Morgan fingerprint density at radius 1 is 1.56 bits per heavy atom. The average molecular weight is 229 g/mol. The molecule has 2 N–H and O–H groups in total. The van der Waals surface area contributed by atoms with Gasteiger partial charge in [0.15, 0.2) is 0 Å². The van der Waals surface area contributed by atoms with Crippen molar-refractivity contribution in [3.05, 3.63) is 0 Å². The van der Waals surface area contributed by atoms with Crippen LogP contribution in [0.25, 0.3) is 0 Å². The maximum atomic E-state index is 10.7. The van der Waals surface area contributed by atoms with Gasteiger partial charge in [0.05, 0.1) is 32.3 Å². The number of aliphatic carboxylic acids is 1. The van der Waals surface area contributed by atoms with Crippen molar-refractivity contribution in [2.75, 3.05) is 39.5 Å². The summed E-state index contributed by atoms with van der Waals surface area (Å²) in [7, 11) is 0. The SMILES string of the molecule is C#CCN(CCOCCO)CC(C)C(=O)O. The Bertz CT molecular complexity index is 237. The maximum absolute atomic E-state index is 10.7. The van der Waals surface area contributed by atoms with Crippen LogP contribution in [-0.4, -0.2) is 60.5 Å². The van der Waals surface area contributed by atoms with Gasteiger partial charge in [-0.1, -0.05) is 12.8 Å². The highest BCUT2D eigenvalue weighted by molar-refractivity contribution is 5.69. The molecule has 0 bridgehead atoms. The van der Waals surface area contributed by atoms with Gasteiger partial charge >= 0.3 is 5.97 Å². The quantitative estimate of drug-likeness (QED) is 0.418. The van der Waals surface area contributed by atoms with Crippen LogP contribution in [0.2, 0.25) is 0 Å². The van der Waals surface area contributed by atoms with E-state index in [1.54, 1.807) is 6.92 Å². The highest BCUT2D eigenvalue weighted by Crippen LogP contribution is 1.99. The lowest BCUT2D eigenvalue weighted by Gasteiger charge is -2.21. The van der Waals surface area contributed by atoms with Crippen LogP contribution >= 0.6 is 0 Å². The number of terminal acetylenes is 1. The van der Waals surface area contributed by atoms with Gasteiger partial charge in [0.2, 0.25) is 0 Å². The standard InChI is InChI=1S/C11H19NO4/c1-3-4-12(5-7-16-8-6-13)9-10(2)11(14)15/h1,10,13H,4-9H2,2H3,(H,14,15). The van der Waals surface area contributed by atoms with E-state index in [4.69, 9.17) is 21.4 Å². The summed E-state index contributed by atoms with van der Waals surface area (Å²) in [6.45, 7) is 3.73. The predicted molar refractivity (Wildman–Crippen MR) is 60.0 cm³/mol. The lowest BCUT2D eigenvalue weighted by molar-refractivity contribution is -0.141. The van der Waals surface area contributed by atoms with Crippen molar-refractivity contribution < 1.29 is 19.7 Å². The molecule has 0 rings (SSSR count). The topological polar surface area (TPSA) is 70.0 Å². The molecule has 0 aromatic rings. The molecule has 0 heterocycles. The molecule has 92 valence electrons. The first-order valence-corrected chi connectivity index (χ1v) is 5.19. The van der Waals surface area contributed by atoms with Crippen molar-refractivity contribution in [2.24, 2.45) is 5.92 Å². The number of nitrogens with zero attached hydrogens (tertiary/aromatic N) is 1. The number of carbonyl (C=O) groups is 1. The fourth-order valence-corrected chi connectivity index (χ4v) is 1.19. The zero-order valence-corrected chi connectivity index (χ0v) is 9.56. The Morgan fingerprint density at radius 3 is 2.75 bits per heavy atom. The summed E-state index contributed by atoms with van der Waals surface area (Å²) < 4.78 is 5.09. The molecule has 1 atom stereocenters. The third kappa shape index (κ3) is 7.23. The van der Waals surface area contributed by atoms with Gasteiger partial charge in [0, 0.05) is 13.1 Å². The number of carboxylic acids is 1. The minimum absolute atomic E-state index is 0.0132. The lowest BCUT2D eigenvalue weighted by atomic mass is 10.1. The molecule has 1 unspecified atom stereocenters. The Hall–Kier alpha value is -1.09. The average Bonchev–Trinajstić information content (AvgIpc) is 2.24. The number of hydrogen-bond acceptors (Lipinski definition) is 4. The Kier molecular flexibility index (Phi) is 8.53. The summed E-state index contributed by atoms with van der Waals surface area (Å²) in [6.07, 6.45) is 5.19. The van der Waals surface area contributed by atoms with Gasteiger partial charge in [-0.05, 0) is 0 Å². The van der Waals surface area contributed by atoms with E-state index in [0.717, 1.165) is 0 Å². The van der Waals surface area contributed by atoms with Gasteiger partial charge < -0.3 is 14.9 Å². The number of carboxylic acid groups (broad SMARTS) is 1. The van der Waals surface area contributed by atoms with Crippen LogP contribution in [-0.2, 0) is 9.53 Å². The zero-order valence-electron chi connectivity index (χ0n) is 9.56. The second-order valence-corrected chi connectivity index (χ2v) is 3.51. The summed E-state index contributed by atoms with van der Waals surface area (Å²) in [5.41, 5.74) is 0. The summed E-state index contributed by atoms with van der Waals surface area (Å²) in [5.74, 6) is 1.19. The van der Waals surface area contributed by atoms with E-state index in [-0.39, 0.29) is 6.61 Å². The molecule has 0 aliphatic heterocycles. The van der Waals surface area contributed by atoms with Crippen LogP contribution in [0.15, 0.2) is 0 Å². The van der Waals surface area contributed by atoms with E-state index in [0.29, 0.717) is 32.8 Å². The molecule has 0 aromatic carbocycles. The maximum Gasteiger partial charge on any atom is 0.307 e. The van der Waals surface area contributed by atoms with Gasteiger partial charge in [0.1, 0.15) is 0 Å². The number of ether oxygens (including phenoxy) is 1. The van der Waals surface area contributed by atoms with Crippen LogP contribution in [0.5, 0.6) is 0 Å². The molecule has 0 saturated heterocycles. The Morgan fingerprint density at radius 2 is 2.25 bits per heavy atom. The van der Waals surface area contributed by atoms with Gasteiger partial charge in [0.25, 0.3) is 0 Å². The molecule has 0 amide bonds. The van der Waals surface area contributed by atoms with Crippen LogP contribution in [0.3, 0.4) is 0 Å². The highest BCUT2D eigenvalue weighted by Gasteiger charge is 2.15. The number of rotatable bonds is 9. The minimum atomic E-state index is -0.835. The number of hydrogen-bond donors (Lipinski definition) is 2. The van der Waals surface area contributed by atoms with Gasteiger partial charge in [-0.15, -0.1) is 6.42 Å². The van der Waals surface area contributed by atoms with E-state index in [2.05, 4.69) is 5.92 Å².